The van der Waals surface area contributed by atoms with Gasteiger partial charge in [0.25, 0.3) is 0 Å². The molecule has 17 rings (SSSR count). The lowest BCUT2D eigenvalue weighted by molar-refractivity contribution is 0.401. The third-order valence-electron chi connectivity index (χ3n) is 30.5. The maximum atomic E-state index is 6.22. The van der Waals surface area contributed by atoms with Gasteiger partial charge in [-0.2, -0.15) is 0 Å². The van der Waals surface area contributed by atoms with Crippen LogP contribution in [0.1, 0.15) is 379 Å². The summed E-state index contributed by atoms with van der Waals surface area (Å²) in [5.74, 6) is 0. The summed E-state index contributed by atoms with van der Waals surface area (Å²) in [6.45, 7) is 18.9. The Bertz CT molecular complexity index is 4910. The van der Waals surface area contributed by atoms with E-state index in [9.17, 15) is 0 Å². The lowest BCUT2D eigenvalue weighted by Crippen LogP contribution is -2.25. The number of allylic oxidation sites excluding steroid dienone is 12. The second-order valence-electron chi connectivity index (χ2n) is 38.4. The normalized spacial score (nSPS) is 16.9. The molecule has 0 saturated carbocycles. The van der Waals surface area contributed by atoms with Crippen LogP contribution in [0.3, 0.4) is 0 Å². The monoisotopic (exact) mass is 1640 g/mol. The molecule has 640 valence electrons. The number of unbranched alkanes of at least 4 members (excludes halogenated alkanes) is 24. The molecule has 8 aromatic carbocycles. The van der Waals surface area contributed by atoms with Gasteiger partial charge in [-0.05, 0) is 236 Å². The van der Waals surface area contributed by atoms with Gasteiger partial charge in [0.1, 0.15) is 0 Å². The molecular formula is C120H140N4. The standard InChI is InChI=1S/C120H140N4/c1-9-17-25-41-73-117(74-42-26-18-10-2)97-53-37-33-49-89(97)93-61-57-85(81-101(93)117)113-105-65-67-107(121-105)114(86-58-62-94-90-50-34-38-54-98(90)118(102(94)82-86,75-43-27-19-11-3)76-44-28-20-12-4)109-69-71-111(123-109)116(88-60-64-96-92-52-36-40-56-100(92)120(104(96)84-88,79-47-31-23-15-7)80-48-32-24-16-8)112-72-70-110(124-112)115(108-68-66-106(113)122-108)87-59-63-95-91-51-35-39-55-99(91)119(103(95)83-87,77-45-29-21-13-5)78-46-30-22-14-6/h33-40,49-72,81-84H,9-32,41-48,73-80H2,1-8H3. The fraction of sp³-hybridized carbons (Fsp3) is 0.433. The van der Waals surface area contributed by atoms with E-state index >= 15 is 0 Å². The highest BCUT2D eigenvalue weighted by molar-refractivity contribution is 6.40. The Morgan fingerprint density at radius 3 is 0.540 bits per heavy atom. The van der Waals surface area contributed by atoms with Crippen molar-refractivity contribution in [3.63, 3.8) is 0 Å². The van der Waals surface area contributed by atoms with Crippen molar-refractivity contribution in [3.05, 3.63) is 308 Å². The van der Waals surface area contributed by atoms with E-state index < -0.39 is 0 Å². The maximum absolute atomic E-state index is 6.22. The van der Waals surface area contributed by atoms with Gasteiger partial charge in [-0.15, -0.1) is 0 Å². The summed E-state index contributed by atoms with van der Waals surface area (Å²) in [7, 11) is 0. The van der Waals surface area contributed by atoms with Gasteiger partial charge in [-0.1, -0.05) is 406 Å². The van der Waals surface area contributed by atoms with Crippen molar-refractivity contribution >= 4 is 45.1 Å². The van der Waals surface area contributed by atoms with E-state index in [1.165, 1.54) is 317 Å². The Hall–Kier alpha value is -9.64. The third-order valence-corrected chi connectivity index (χ3v) is 30.5. The van der Waals surface area contributed by atoms with Gasteiger partial charge in [0, 0.05) is 44.0 Å². The molecule has 0 spiro atoms. The minimum absolute atomic E-state index is 0.128. The number of nitrogens with zero attached hydrogens (tertiary/aromatic N) is 4. The molecule has 4 heteroatoms. The quantitative estimate of drug-likeness (QED) is 0.0342. The van der Waals surface area contributed by atoms with Crippen molar-refractivity contribution < 1.29 is 0 Å². The Morgan fingerprint density at radius 1 is 0.177 bits per heavy atom. The van der Waals surface area contributed by atoms with Crippen LogP contribution < -0.4 is 0 Å². The predicted octanol–water partition coefficient (Wildman–Crippen LogP) is 34.5. The molecule has 4 nitrogen and oxygen atoms in total. The zero-order valence-corrected chi connectivity index (χ0v) is 76.9. The van der Waals surface area contributed by atoms with Gasteiger partial charge in [-0.25, -0.2) is 20.0 Å². The van der Waals surface area contributed by atoms with Gasteiger partial charge in [-0.3, -0.25) is 0 Å². The first-order valence-electron chi connectivity index (χ1n) is 50.2. The Kier molecular flexibility index (Phi) is 27.5. The van der Waals surface area contributed by atoms with Crippen molar-refractivity contribution in [2.45, 2.75) is 334 Å². The molecule has 0 amide bonds. The van der Waals surface area contributed by atoms with E-state index in [0.717, 1.165) is 119 Å². The highest BCUT2D eigenvalue weighted by atomic mass is 14.9. The van der Waals surface area contributed by atoms with E-state index in [4.69, 9.17) is 20.0 Å². The molecule has 8 aromatic rings. The van der Waals surface area contributed by atoms with Gasteiger partial charge in [0.2, 0.25) is 0 Å². The van der Waals surface area contributed by atoms with Crippen LogP contribution in [0.15, 0.2) is 261 Å². The fourth-order valence-electron chi connectivity index (χ4n) is 24.2. The molecule has 5 aliphatic heterocycles. The first-order valence-corrected chi connectivity index (χ1v) is 50.2. The lowest BCUT2D eigenvalue weighted by Gasteiger charge is -2.33. The number of aliphatic imine (C=N–C) groups is 4. The molecule has 9 aliphatic rings. The smallest absolute Gasteiger partial charge is 0.0738 e. The van der Waals surface area contributed by atoms with Crippen molar-refractivity contribution in [1.82, 2.24) is 0 Å². The summed E-state index contributed by atoms with van der Waals surface area (Å²) in [5, 5.41) is 0. The van der Waals surface area contributed by atoms with Crippen molar-refractivity contribution in [3.8, 4) is 44.5 Å². The molecule has 0 radical (unpaired) electrons. The van der Waals surface area contributed by atoms with Crippen LogP contribution in [0, 0.1) is 0 Å². The SMILES string of the molecule is CCCCCCC1(CCCCCC)c2ccccc2-c2ccc(C3=C4C=CC(=N4)C(c4ccc5c(c4)C(CCCCCC)(CCCCCC)c4ccccc4-5)=C4C=CC(=N4)C(c4ccc5c(c4)C(CCCCCC)(CCCCCC)c4ccccc4-5)=C4C=CC(=N4)C(c4ccc5c(c4)C(CCCCCC)(CCCCCC)c4ccccc4-5)=C4C=CC3=N4)cc21. The van der Waals surface area contributed by atoms with Crippen LogP contribution >= 0.6 is 0 Å². The molecule has 0 unspecified atom stereocenters. The number of rotatable bonds is 44. The van der Waals surface area contributed by atoms with Crippen molar-refractivity contribution in [1.29, 1.82) is 0 Å². The second kappa shape index (κ2) is 39.5. The number of hydrogen-bond donors (Lipinski definition) is 0. The molecule has 0 fully saturated rings. The van der Waals surface area contributed by atoms with Crippen LogP contribution in [0.25, 0.3) is 66.8 Å². The summed E-state index contributed by atoms with van der Waals surface area (Å²) in [5.41, 5.74) is 38.9. The maximum Gasteiger partial charge on any atom is 0.0738 e. The van der Waals surface area contributed by atoms with Crippen LogP contribution in [-0.4, -0.2) is 22.8 Å². The first kappa shape index (κ1) is 86.5. The van der Waals surface area contributed by atoms with Crippen LogP contribution in [-0.2, 0) is 21.7 Å². The topological polar surface area (TPSA) is 49.4 Å². The molecule has 8 bridgehead atoms. The van der Waals surface area contributed by atoms with E-state index in [1.54, 1.807) is 0 Å². The van der Waals surface area contributed by atoms with Gasteiger partial charge in [0.05, 0.1) is 45.6 Å². The Balaban J connectivity index is 0.931. The average Bonchev–Trinajstić information content (AvgIpc) is 1.57. The molecule has 0 saturated heterocycles. The van der Waals surface area contributed by atoms with E-state index in [2.05, 4.69) is 274 Å². The molecule has 0 atom stereocenters. The van der Waals surface area contributed by atoms with E-state index in [0.29, 0.717) is 0 Å². The summed E-state index contributed by atoms with van der Waals surface area (Å²) >= 11 is 0. The average molecular weight is 1640 g/mol. The van der Waals surface area contributed by atoms with Crippen LogP contribution in [0.2, 0.25) is 0 Å². The highest BCUT2D eigenvalue weighted by Gasteiger charge is 2.48. The molecule has 124 heavy (non-hydrogen) atoms. The third kappa shape index (κ3) is 16.5. The molecule has 0 aromatic heterocycles. The van der Waals surface area contributed by atoms with Crippen molar-refractivity contribution in [2.75, 3.05) is 0 Å². The van der Waals surface area contributed by atoms with Gasteiger partial charge >= 0.3 is 0 Å². The highest BCUT2D eigenvalue weighted by Crippen LogP contribution is 2.61. The molecule has 5 heterocycles. The number of fused-ring (bicyclic) bond motifs is 16. The Morgan fingerprint density at radius 2 is 0.355 bits per heavy atom. The second-order valence-corrected chi connectivity index (χ2v) is 38.4. The summed E-state index contributed by atoms with van der Waals surface area (Å²) in [6, 6.07) is 68.4. The zero-order valence-electron chi connectivity index (χ0n) is 76.9. The van der Waals surface area contributed by atoms with Crippen molar-refractivity contribution in [2.24, 2.45) is 20.0 Å². The largest absolute Gasteiger partial charge is 0.248 e. The predicted molar refractivity (Wildman–Crippen MR) is 535 cm³/mol. The summed E-state index contributed by atoms with van der Waals surface area (Å²) in [6.07, 6.45) is 67.2. The molecular weight excluding hydrogens is 1500 g/mol. The lowest BCUT2D eigenvalue weighted by atomic mass is 9.70. The van der Waals surface area contributed by atoms with Gasteiger partial charge in [0.15, 0.2) is 0 Å². The number of benzene rings is 8. The summed E-state index contributed by atoms with van der Waals surface area (Å²) < 4.78 is 0. The minimum atomic E-state index is -0.128. The molecule has 4 aliphatic carbocycles. The first-order chi connectivity index (χ1) is 61.1. The van der Waals surface area contributed by atoms with E-state index in [-0.39, 0.29) is 21.7 Å². The van der Waals surface area contributed by atoms with Crippen LogP contribution in [0.5, 0.6) is 0 Å². The summed E-state index contributed by atoms with van der Waals surface area (Å²) in [4.78, 5) is 24.9. The Labute approximate surface area is 746 Å². The zero-order chi connectivity index (χ0) is 85.0. The van der Waals surface area contributed by atoms with E-state index in [1.807, 2.05) is 0 Å². The van der Waals surface area contributed by atoms with Crippen LogP contribution in [0.4, 0.5) is 0 Å². The fourth-order valence-corrected chi connectivity index (χ4v) is 24.2. The number of hydrogen-bond acceptors (Lipinski definition) is 4. The molecule has 0 N–H and O–H groups in total. The minimum Gasteiger partial charge on any atom is -0.248 e. The van der Waals surface area contributed by atoms with Gasteiger partial charge < -0.3 is 0 Å².